The Balaban J connectivity index is 1.90. The molecule has 0 atom stereocenters. The predicted molar refractivity (Wildman–Crippen MR) is 78.3 cm³/mol. The molecule has 3 N–H and O–H groups in total. The lowest BCUT2D eigenvalue weighted by molar-refractivity contribution is -0.165. The van der Waals surface area contributed by atoms with Gasteiger partial charge < -0.3 is 20.4 Å². The molecule has 0 unspecified atom stereocenters. The van der Waals surface area contributed by atoms with Crippen LogP contribution in [0.4, 0.5) is 18.9 Å². The zero-order chi connectivity index (χ0) is 18.0. The molecule has 0 bridgehead atoms. The second-order valence-electron chi connectivity index (χ2n) is 5.65. The molecule has 0 spiro atoms. The number of halogens is 3. The average molecular weight is 346 g/mol. The van der Waals surface area contributed by atoms with E-state index < -0.39 is 23.3 Å². The fourth-order valence-electron chi connectivity index (χ4n) is 2.43. The number of nitrogens with zero attached hydrogens (tertiary/aromatic N) is 1. The van der Waals surface area contributed by atoms with E-state index in [1.54, 1.807) is 0 Å². The summed E-state index contributed by atoms with van der Waals surface area (Å²) >= 11 is 0. The molecule has 0 radical (unpaired) electrons. The van der Waals surface area contributed by atoms with Crippen LogP contribution in [-0.4, -0.2) is 52.2 Å². The van der Waals surface area contributed by atoms with Gasteiger partial charge in [0, 0.05) is 31.6 Å². The molecule has 6 nitrogen and oxygen atoms in total. The highest BCUT2D eigenvalue weighted by Crippen LogP contribution is 2.30. The number of piperidine rings is 1. The van der Waals surface area contributed by atoms with Crippen LogP contribution in [0.15, 0.2) is 24.3 Å². The zero-order valence-electron chi connectivity index (χ0n) is 12.6. The summed E-state index contributed by atoms with van der Waals surface area (Å²) in [5.74, 6) is -1.70. The lowest BCUT2D eigenvalue weighted by Gasteiger charge is -2.35. The Morgan fingerprint density at radius 2 is 1.88 bits per heavy atom. The van der Waals surface area contributed by atoms with Crippen molar-refractivity contribution >= 4 is 17.6 Å². The van der Waals surface area contributed by atoms with Crippen LogP contribution in [0.1, 0.15) is 18.4 Å². The molecule has 9 heteroatoms. The minimum absolute atomic E-state index is 0.0753. The normalized spacial score (nSPS) is 17.4. The molecule has 2 rings (SSSR count). The molecule has 1 fully saturated rings. The molecule has 1 aromatic rings. The van der Waals surface area contributed by atoms with Crippen molar-refractivity contribution in [2.75, 3.05) is 25.0 Å². The molecule has 1 amide bonds. The number of carboxylic acids is 1. The van der Waals surface area contributed by atoms with Crippen LogP contribution in [0.25, 0.3) is 0 Å². The van der Waals surface area contributed by atoms with Crippen molar-refractivity contribution in [2.45, 2.75) is 24.6 Å². The summed E-state index contributed by atoms with van der Waals surface area (Å²) in [7, 11) is 0. The van der Waals surface area contributed by atoms with Crippen LogP contribution >= 0.6 is 0 Å². The van der Waals surface area contributed by atoms with Crippen molar-refractivity contribution in [3.8, 4) is 0 Å². The highest BCUT2D eigenvalue weighted by Gasteiger charge is 2.40. The molecule has 132 valence electrons. The van der Waals surface area contributed by atoms with Crippen LogP contribution in [0.3, 0.4) is 0 Å². The molecule has 1 saturated heterocycles. The molecule has 1 aromatic carbocycles. The van der Waals surface area contributed by atoms with Crippen molar-refractivity contribution in [1.29, 1.82) is 0 Å². The second-order valence-corrected chi connectivity index (χ2v) is 5.65. The number of likely N-dealkylation sites (tertiary alicyclic amines) is 1. The lowest BCUT2D eigenvalue weighted by atomic mass is 9.91. The minimum atomic E-state index is -4.46. The maximum atomic E-state index is 12.6. The number of hydrogen-bond donors (Lipinski definition) is 3. The van der Waals surface area contributed by atoms with Crippen LogP contribution in [0, 0.1) is 0 Å². The van der Waals surface area contributed by atoms with Gasteiger partial charge >= 0.3 is 12.1 Å². The van der Waals surface area contributed by atoms with Crippen molar-refractivity contribution in [1.82, 2.24) is 4.90 Å². The average Bonchev–Trinajstić information content (AvgIpc) is 2.52. The van der Waals surface area contributed by atoms with Crippen LogP contribution in [0.2, 0.25) is 0 Å². The van der Waals surface area contributed by atoms with E-state index in [1.165, 1.54) is 17.0 Å². The van der Waals surface area contributed by atoms with Crippen LogP contribution in [0.5, 0.6) is 0 Å². The Morgan fingerprint density at radius 1 is 1.25 bits per heavy atom. The predicted octanol–water partition coefficient (Wildman–Crippen LogP) is 1.56. The SMILES string of the molecule is O=C(CNc1cccc(C(F)(F)F)c1)N1CCC(O)(C(=O)O)CC1. The van der Waals surface area contributed by atoms with Crippen molar-refractivity contribution < 1.29 is 33.0 Å². The summed E-state index contributed by atoms with van der Waals surface area (Å²) in [5.41, 5.74) is -2.48. The lowest BCUT2D eigenvalue weighted by Crippen LogP contribution is -2.51. The Bertz CT molecular complexity index is 625. The van der Waals surface area contributed by atoms with Crippen molar-refractivity contribution in [3.05, 3.63) is 29.8 Å². The summed E-state index contributed by atoms with van der Waals surface area (Å²) in [6.45, 7) is -0.0649. The number of benzene rings is 1. The standard InChI is InChI=1S/C15H17F3N2O4/c16-15(17,18)10-2-1-3-11(8-10)19-9-12(21)20-6-4-14(24,5-7-20)13(22)23/h1-3,8,19,24H,4-7,9H2,(H,22,23). The van der Waals surface area contributed by atoms with Gasteiger partial charge in [0.25, 0.3) is 0 Å². The summed E-state index contributed by atoms with van der Waals surface area (Å²) in [6, 6.07) is 4.50. The largest absolute Gasteiger partial charge is 0.479 e. The number of amides is 1. The maximum absolute atomic E-state index is 12.6. The van der Waals surface area contributed by atoms with Crippen LogP contribution < -0.4 is 5.32 Å². The summed E-state index contributed by atoms with van der Waals surface area (Å²) < 4.78 is 37.9. The van der Waals surface area contributed by atoms with Gasteiger partial charge in [0.2, 0.25) is 5.91 Å². The number of carbonyl (C=O) groups excluding carboxylic acids is 1. The number of aliphatic carboxylic acids is 1. The third-order valence-corrected chi connectivity index (χ3v) is 3.98. The van der Waals surface area contributed by atoms with Gasteiger partial charge in [0.15, 0.2) is 5.60 Å². The fourth-order valence-corrected chi connectivity index (χ4v) is 2.43. The second kappa shape index (κ2) is 6.68. The van der Waals surface area contributed by atoms with E-state index in [0.717, 1.165) is 12.1 Å². The van der Waals surface area contributed by atoms with E-state index in [9.17, 15) is 27.9 Å². The smallest absolute Gasteiger partial charge is 0.416 e. The topological polar surface area (TPSA) is 89.9 Å². The molecule has 24 heavy (non-hydrogen) atoms. The molecule has 0 saturated carbocycles. The highest BCUT2D eigenvalue weighted by molar-refractivity contribution is 5.82. The van der Waals surface area contributed by atoms with Gasteiger partial charge in [-0.3, -0.25) is 4.79 Å². The van der Waals surface area contributed by atoms with Gasteiger partial charge in [0.05, 0.1) is 12.1 Å². The number of alkyl halides is 3. The van der Waals surface area contributed by atoms with E-state index >= 15 is 0 Å². The Hall–Kier alpha value is -2.29. The van der Waals surface area contributed by atoms with Gasteiger partial charge in [-0.2, -0.15) is 13.2 Å². The maximum Gasteiger partial charge on any atom is 0.416 e. The molecular formula is C15H17F3N2O4. The van der Waals surface area contributed by atoms with E-state index in [1.807, 2.05) is 0 Å². The zero-order valence-corrected chi connectivity index (χ0v) is 12.6. The van der Waals surface area contributed by atoms with E-state index in [0.29, 0.717) is 0 Å². The molecular weight excluding hydrogens is 329 g/mol. The van der Waals surface area contributed by atoms with Crippen LogP contribution in [-0.2, 0) is 15.8 Å². The number of nitrogens with one attached hydrogen (secondary N) is 1. The Labute approximate surface area is 135 Å². The molecule has 0 aromatic heterocycles. The first-order valence-electron chi connectivity index (χ1n) is 7.26. The fraction of sp³-hybridized carbons (Fsp3) is 0.467. The first kappa shape index (κ1) is 18.1. The number of anilines is 1. The van der Waals surface area contributed by atoms with E-state index in [2.05, 4.69) is 5.32 Å². The van der Waals surface area contributed by atoms with Gasteiger partial charge in [0.1, 0.15) is 0 Å². The molecule has 1 aliphatic heterocycles. The Morgan fingerprint density at radius 3 is 2.42 bits per heavy atom. The van der Waals surface area contributed by atoms with Gasteiger partial charge in [-0.1, -0.05) is 6.07 Å². The third-order valence-electron chi connectivity index (χ3n) is 3.98. The number of rotatable bonds is 4. The summed E-state index contributed by atoms with van der Waals surface area (Å²) in [4.78, 5) is 24.3. The summed E-state index contributed by atoms with van der Waals surface area (Å²) in [6.07, 6.45) is -4.63. The first-order valence-corrected chi connectivity index (χ1v) is 7.26. The van der Waals surface area contributed by atoms with Gasteiger partial charge in [-0.05, 0) is 18.2 Å². The number of carboxylic acid groups (broad SMARTS) is 1. The van der Waals surface area contributed by atoms with Crippen molar-refractivity contribution in [3.63, 3.8) is 0 Å². The summed E-state index contributed by atoms with van der Waals surface area (Å²) in [5, 5.41) is 21.3. The molecule has 1 aliphatic rings. The van der Waals surface area contributed by atoms with Crippen molar-refractivity contribution in [2.24, 2.45) is 0 Å². The van der Waals surface area contributed by atoms with E-state index in [4.69, 9.17) is 5.11 Å². The number of hydrogen-bond acceptors (Lipinski definition) is 4. The number of aliphatic hydroxyl groups is 1. The molecule has 1 heterocycles. The minimum Gasteiger partial charge on any atom is -0.479 e. The van der Waals surface area contributed by atoms with Gasteiger partial charge in [-0.25, -0.2) is 4.79 Å². The molecule has 0 aliphatic carbocycles. The number of carbonyl (C=O) groups is 2. The Kier molecular flexibility index (Phi) is 5.02. The monoisotopic (exact) mass is 346 g/mol. The van der Waals surface area contributed by atoms with E-state index in [-0.39, 0.29) is 44.1 Å². The highest BCUT2D eigenvalue weighted by atomic mass is 19.4. The third kappa shape index (κ3) is 4.16. The first-order chi connectivity index (χ1) is 11.1. The quantitative estimate of drug-likeness (QED) is 0.770. The van der Waals surface area contributed by atoms with Gasteiger partial charge in [-0.15, -0.1) is 0 Å².